The summed E-state index contributed by atoms with van der Waals surface area (Å²) in [6, 6.07) is 3.17. The van der Waals surface area contributed by atoms with Crippen molar-refractivity contribution in [3.8, 4) is 5.88 Å². The first-order chi connectivity index (χ1) is 16.0. The van der Waals surface area contributed by atoms with E-state index in [4.69, 9.17) is 21.1 Å². The lowest BCUT2D eigenvalue weighted by Gasteiger charge is -2.41. The van der Waals surface area contributed by atoms with E-state index in [1.54, 1.807) is 12.1 Å². The van der Waals surface area contributed by atoms with Gasteiger partial charge >= 0.3 is 5.97 Å². The molecule has 1 aromatic rings. The van der Waals surface area contributed by atoms with Crippen molar-refractivity contribution in [1.82, 2.24) is 14.8 Å². The molecule has 5 rings (SSSR count). The molecule has 34 heavy (non-hydrogen) atoms. The van der Waals surface area contributed by atoms with E-state index in [0.717, 1.165) is 19.3 Å². The summed E-state index contributed by atoms with van der Waals surface area (Å²) in [5.41, 5.74) is -1.74. The van der Waals surface area contributed by atoms with Gasteiger partial charge in [-0.15, -0.1) is 0 Å². The number of methoxy groups -OCH3 is 1. The Morgan fingerprint density at radius 2 is 1.68 bits per heavy atom. The first-order valence-electron chi connectivity index (χ1n) is 12.0. The van der Waals surface area contributed by atoms with Gasteiger partial charge in [0, 0.05) is 43.2 Å². The van der Waals surface area contributed by atoms with Crippen LogP contribution >= 0.6 is 11.6 Å². The Bertz CT molecular complexity index is 1070. The van der Waals surface area contributed by atoms with Crippen molar-refractivity contribution in [2.24, 2.45) is 16.2 Å². The van der Waals surface area contributed by atoms with Crippen LogP contribution < -0.4 is 4.74 Å². The van der Waals surface area contributed by atoms with Crippen molar-refractivity contribution in [3.63, 3.8) is 0 Å². The molecule has 1 spiro atoms. The summed E-state index contributed by atoms with van der Waals surface area (Å²) in [4.78, 5) is 47.2. The van der Waals surface area contributed by atoms with Crippen LogP contribution in [0.25, 0.3) is 0 Å². The summed E-state index contributed by atoms with van der Waals surface area (Å²) in [5.74, 6) is -0.0639. The lowest BCUT2D eigenvalue weighted by Crippen LogP contribution is -2.55. The Morgan fingerprint density at radius 1 is 1.03 bits per heavy atom. The SMILES string of the molecule is COc1cc(C(=O)N2CCC3(CC2)CCN(C(=O)[C@@]24CC[C@@](C)(C(=O)O2)C4(C)C)C3)cc(Cl)n1. The molecule has 0 N–H and O–H groups in total. The zero-order valence-electron chi connectivity index (χ0n) is 20.3. The number of aromatic nitrogens is 1. The summed E-state index contributed by atoms with van der Waals surface area (Å²) >= 11 is 6.04. The molecule has 1 aliphatic carbocycles. The third-order valence-corrected chi connectivity index (χ3v) is 9.69. The van der Waals surface area contributed by atoms with Crippen molar-refractivity contribution in [3.05, 3.63) is 22.8 Å². The van der Waals surface area contributed by atoms with E-state index in [1.165, 1.54) is 7.11 Å². The average Bonchev–Trinajstić information content (AvgIpc) is 3.36. The van der Waals surface area contributed by atoms with E-state index >= 15 is 0 Å². The van der Waals surface area contributed by atoms with Gasteiger partial charge in [0.25, 0.3) is 11.8 Å². The van der Waals surface area contributed by atoms with Gasteiger partial charge in [-0.3, -0.25) is 14.4 Å². The minimum Gasteiger partial charge on any atom is -0.481 e. The van der Waals surface area contributed by atoms with Crippen molar-refractivity contribution in [2.75, 3.05) is 33.3 Å². The highest BCUT2D eigenvalue weighted by atomic mass is 35.5. The Morgan fingerprint density at radius 3 is 2.24 bits per heavy atom. The second kappa shape index (κ2) is 7.57. The number of amides is 2. The van der Waals surface area contributed by atoms with Crippen molar-refractivity contribution in [2.45, 2.75) is 58.5 Å². The maximum absolute atomic E-state index is 13.8. The number of fused-ring (bicyclic) bond motifs is 2. The molecule has 4 heterocycles. The zero-order chi connectivity index (χ0) is 24.5. The third kappa shape index (κ3) is 3.10. The Hall–Kier alpha value is -2.35. The largest absolute Gasteiger partial charge is 0.481 e. The monoisotopic (exact) mass is 489 g/mol. The normalized spacial score (nSPS) is 31.1. The van der Waals surface area contributed by atoms with E-state index in [2.05, 4.69) is 4.98 Å². The van der Waals surface area contributed by atoms with Crippen LogP contribution in [0.4, 0.5) is 0 Å². The maximum atomic E-state index is 13.8. The van der Waals surface area contributed by atoms with Gasteiger partial charge in [-0.2, -0.15) is 0 Å². The van der Waals surface area contributed by atoms with Crippen LogP contribution in [0.2, 0.25) is 5.15 Å². The number of pyridine rings is 1. The van der Waals surface area contributed by atoms with Crippen LogP contribution in [0.15, 0.2) is 12.1 Å². The van der Waals surface area contributed by atoms with E-state index < -0.39 is 16.4 Å². The number of likely N-dealkylation sites (tertiary alicyclic amines) is 2. The van der Waals surface area contributed by atoms with E-state index in [-0.39, 0.29) is 28.4 Å². The van der Waals surface area contributed by atoms with Crippen LogP contribution in [0.1, 0.15) is 63.2 Å². The van der Waals surface area contributed by atoms with E-state index in [9.17, 15) is 14.4 Å². The molecule has 1 saturated carbocycles. The molecule has 2 atom stereocenters. The molecule has 2 bridgehead atoms. The summed E-state index contributed by atoms with van der Waals surface area (Å²) < 4.78 is 11.0. The molecule has 184 valence electrons. The van der Waals surface area contributed by atoms with Gasteiger partial charge in [0.15, 0.2) is 5.60 Å². The van der Waals surface area contributed by atoms with Crippen LogP contribution in [0, 0.1) is 16.2 Å². The molecule has 4 fully saturated rings. The summed E-state index contributed by atoms with van der Waals surface area (Å²) in [7, 11) is 1.49. The zero-order valence-corrected chi connectivity index (χ0v) is 21.0. The molecule has 9 heteroatoms. The van der Waals surface area contributed by atoms with Gasteiger partial charge in [-0.05, 0) is 50.5 Å². The maximum Gasteiger partial charge on any atom is 0.313 e. The number of hydrogen-bond donors (Lipinski definition) is 0. The fourth-order valence-corrected chi connectivity index (χ4v) is 6.76. The standard InChI is InChI=1S/C25H32ClN3O5/c1-22(2)23(3)5-6-25(22,34-21(23)32)20(31)29-12-9-24(15-29)7-10-28(11-8-24)19(30)16-13-17(26)27-18(14-16)33-4/h13-14H,5-12,15H2,1-4H3/t23-,25+/m0/s1. The first-order valence-corrected chi connectivity index (χ1v) is 12.4. The quantitative estimate of drug-likeness (QED) is 0.478. The number of hydrogen-bond acceptors (Lipinski definition) is 6. The Balaban J connectivity index is 1.26. The fraction of sp³-hybridized carbons (Fsp3) is 0.680. The minimum absolute atomic E-state index is 0.00861. The lowest BCUT2D eigenvalue weighted by atomic mass is 9.66. The van der Waals surface area contributed by atoms with Crippen LogP contribution in [0.5, 0.6) is 5.88 Å². The van der Waals surface area contributed by atoms with Crippen molar-refractivity contribution < 1.29 is 23.9 Å². The van der Waals surface area contributed by atoms with Gasteiger partial charge in [-0.25, -0.2) is 4.98 Å². The average molecular weight is 490 g/mol. The third-order valence-electron chi connectivity index (χ3n) is 9.49. The molecule has 4 aliphatic rings. The number of carbonyl (C=O) groups is 3. The molecule has 0 radical (unpaired) electrons. The second-order valence-electron chi connectivity index (χ2n) is 11.2. The molecular weight excluding hydrogens is 458 g/mol. The molecule has 0 aromatic carbocycles. The molecule has 0 unspecified atom stereocenters. The molecule has 3 aliphatic heterocycles. The molecule has 2 amide bonds. The second-order valence-corrected chi connectivity index (χ2v) is 11.6. The number of esters is 1. The summed E-state index contributed by atoms with van der Waals surface area (Å²) in [5, 5.41) is 0.221. The predicted molar refractivity (Wildman–Crippen MR) is 125 cm³/mol. The number of carbonyl (C=O) groups excluding carboxylic acids is 3. The first kappa shape index (κ1) is 23.4. The lowest BCUT2D eigenvalue weighted by molar-refractivity contribution is -0.173. The summed E-state index contributed by atoms with van der Waals surface area (Å²) in [6.07, 6.45) is 3.82. The summed E-state index contributed by atoms with van der Waals surface area (Å²) in [6.45, 7) is 8.48. The highest BCUT2D eigenvalue weighted by Crippen LogP contribution is 2.66. The molecule has 1 aromatic heterocycles. The van der Waals surface area contributed by atoms with Gasteiger partial charge in [0.05, 0.1) is 12.5 Å². The molecular formula is C25H32ClN3O5. The van der Waals surface area contributed by atoms with Crippen LogP contribution in [-0.2, 0) is 14.3 Å². The Kier molecular flexibility index (Phi) is 5.21. The number of rotatable bonds is 3. The topological polar surface area (TPSA) is 89.0 Å². The number of halogens is 1. The van der Waals surface area contributed by atoms with Gasteiger partial charge in [0.1, 0.15) is 5.15 Å². The Labute approximate surface area is 204 Å². The molecule has 8 nitrogen and oxygen atoms in total. The number of nitrogens with zero attached hydrogens (tertiary/aromatic N) is 3. The van der Waals surface area contributed by atoms with Gasteiger partial charge in [-0.1, -0.05) is 25.4 Å². The molecule has 3 saturated heterocycles. The van der Waals surface area contributed by atoms with Crippen molar-refractivity contribution in [1.29, 1.82) is 0 Å². The van der Waals surface area contributed by atoms with Gasteiger partial charge < -0.3 is 19.3 Å². The van der Waals surface area contributed by atoms with E-state index in [0.29, 0.717) is 50.5 Å². The van der Waals surface area contributed by atoms with Crippen molar-refractivity contribution >= 4 is 29.4 Å². The van der Waals surface area contributed by atoms with Crippen LogP contribution in [0.3, 0.4) is 0 Å². The highest BCUT2D eigenvalue weighted by Gasteiger charge is 2.76. The van der Waals surface area contributed by atoms with E-state index in [1.807, 2.05) is 30.6 Å². The minimum atomic E-state index is -1.05. The number of ether oxygens (including phenoxy) is 2. The highest BCUT2D eigenvalue weighted by molar-refractivity contribution is 6.29. The predicted octanol–water partition coefficient (Wildman–Crippen LogP) is 3.32. The number of piperidine rings is 1. The smallest absolute Gasteiger partial charge is 0.313 e. The van der Waals surface area contributed by atoms with Gasteiger partial charge in [0.2, 0.25) is 5.88 Å². The fourth-order valence-electron chi connectivity index (χ4n) is 6.56. The van der Waals surface area contributed by atoms with Crippen LogP contribution in [-0.4, -0.2) is 71.5 Å².